The van der Waals surface area contributed by atoms with Crippen LogP contribution in [-0.2, 0) is 0 Å². The lowest BCUT2D eigenvalue weighted by Crippen LogP contribution is -1.90. The number of halogens is 1. The molecular weight excluding hydrogens is 212 g/mol. The van der Waals surface area contributed by atoms with Crippen molar-refractivity contribution < 1.29 is 4.74 Å². The molecule has 0 fully saturated rings. The van der Waals surface area contributed by atoms with E-state index in [1.165, 1.54) is 12.4 Å². The topological polar surface area (TPSA) is 35.0 Å². The Morgan fingerprint density at radius 3 is 2.73 bits per heavy atom. The predicted molar refractivity (Wildman–Crippen MR) is 58.3 cm³/mol. The molecular formula is C11H9ClN2O. The molecule has 0 radical (unpaired) electrons. The van der Waals surface area contributed by atoms with Crippen molar-refractivity contribution in [2.75, 3.05) is 0 Å². The molecule has 0 N–H and O–H groups in total. The van der Waals surface area contributed by atoms with E-state index in [0.29, 0.717) is 11.6 Å². The van der Waals surface area contributed by atoms with Crippen molar-refractivity contribution in [1.29, 1.82) is 0 Å². The highest BCUT2D eigenvalue weighted by molar-refractivity contribution is 6.30. The largest absolute Gasteiger partial charge is 0.436 e. The van der Waals surface area contributed by atoms with Gasteiger partial charge >= 0.3 is 0 Å². The molecule has 0 bridgehead atoms. The molecule has 3 nitrogen and oxygen atoms in total. The van der Waals surface area contributed by atoms with E-state index in [4.69, 9.17) is 16.3 Å². The molecule has 1 heterocycles. The lowest BCUT2D eigenvalue weighted by atomic mass is 10.2. The maximum atomic E-state index is 5.82. The van der Waals surface area contributed by atoms with Gasteiger partial charge in [-0.25, -0.2) is 9.97 Å². The summed E-state index contributed by atoms with van der Waals surface area (Å²) in [5, 5.41) is 0.263. The first-order chi connectivity index (χ1) is 7.25. The van der Waals surface area contributed by atoms with E-state index in [2.05, 4.69) is 9.97 Å². The van der Waals surface area contributed by atoms with Gasteiger partial charge in [0.15, 0.2) is 5.15 Å². The Labute approximate surface area is 92.7 Å². The molecule has 1 aromatic carbocycles. The summed E-state index contributed by atoms with van der Waals surface area (Å²) in [6.07, 6.45) is 3.06. The molecule has 76 valence electrons. The highest BCUT2D eigenvalue weighted by Crippen LogP contribution is 2.24. The van der Waals surface area contributed by atoms with Gasteiger partial charge < -0.3 is 4.74 Å². The van der Waals surface area contributed by atoms with E-state index < -0.39 is 0 Å². The van der Waals surface area contributed by atoms with Crippen molar-refractivity contribution in [3.63, 3.8) is 0 Å². The number of aryl methyl sites for hydroxylation is 1. The molecule has 2 rings (SSSR count). The molecule has 0 aliphatic heterocycles. The van der Waals surface area contributed by atoms with Crippen LogP contribution in [0.15, 0.2) is 36.7 Å². The monoisotopic (exact) mass is 220 g/mol. The summed E-state index contributed by atoms with van der Waals surface area (Å²) in [6, 6.07) is 7.66. The van der Waals surface area contributed by atoms with Gasteiger partial charge in [-0.3, -0.25) is 0 Å². The van der Waals surface area contributed by atoms with Crippen LogP contribution in [0.3, 0.4) is 0 Å². The van der Waals surface area contributed by atoms with Crippen LogP contribution in [0.4, 0.5) is 0 Å². The molecule has 1 aromatic heterocycles. The molecule has 0 atom stereocenters. The highest BCUT2D eigenvalue weighted by Gasteiger charge is 2.04. The number of benzene rings is 1. The average molecular weight is 221 g/mol. The van der Waals surface area contributed by atoms with Crippen molar-refractivity contribution in [3.05, 3.63) is 47.4 Å². The summed E-state index contributed by atoms with van der Waals surface area (Å²) in [5.41, 5.74) is 1.12. The molecule has 0 unspecified atom stereocenters. The van der Waals surface area contributed by atoms with E-state index >= 15 is 0 Å². The molecule has 0 spiro atoms. The van der Waals surface area contributed by atoms with Crippen molar-refractivity contribution in [2.24, 2.45) is 0 Å². The summed E-state index contributed by atoms with van der Waals surface area (Å²) in [6.45, 7) is 1.99. The van der Waals surface area contributed by atoms with E-state index in [-0.39, 0.29) is 5.15 Å². The lowest BCUT2D eigenvalue weighted by molar-refractivity contribution is 0.460. The third kappa shape index (κ3) is 2.44. The lowest BCUT2D eigenvalue weighted by Gasteiger charge is -2.05. The first-order valence-corrected chi connectivity index (χ1v) is 4.84. The SMILES string of the molecule is Cc1cccc(Oc2nccnc2Cl)c1. The van der Waals surface area contributed by atoms with Crippen molar-refractivity contribution in [2.45, 2.75) is 6.92 Å². The maximum Gasteiger partial charge on any atom is 0.257 e. The van der Waals surface area contributed by atoms with Gasteiger partial charge in [-0.1, -0.05) is 23.7 Å². The van der Waals surface area contributed by atoms with Gasteiger partial charge in [-0.15, -0.1) is 0 Å². The predicted octanol–water partition coefficient (Wildman–Crippen LogP) is 3.23. The van der Waals surface area contributed by atoms with Crippen molar-refractivity contribution >= 4 is 11.6 Å². The Balaban J connectivity index is 2.26. The third-order valence-electron chi connectivity index (χ3n) is 1.83. The fraction of sp³-hybridized carbons (Fsp3) is 0.0909. The molecule has 0 aliphatic carbocycles. The van der Waals surface area contributed by atoms with Crippen LogP contribution in [0, 0.1) is 6.92 Å². The number of ether oxygens (including phenoxy) is 1. The first-order valence-electron chi connectivity index (χ1n) is 4.47. The Morgan fingerprint density at radius 2 is 2.00 bits per heavy atom. The van der Waals surface area contributed by atoms with Crippen LogP contribution in [0.5, 0.6) is 11.6 Å². The second-order valence-corrected chi connectivity index (χ2v) is 3.43. The van der Waals surface area contributed by atoms with E-state index in [9.17, 15) is 0 Å². The van der Waals surface area contributed by atoms with E-state index in [0.717, 1.165) is 5.56 Å². The Kier molecular flexibility index (Phi) is 2.83. The number of hydrogen-bond donors (Lipinski definition) is 0. The second kappa shape index (κ2) is 4.28. The quantitative estimate of drug-likeness (QED) is 0.780. The maximum absolute atomic E-state index is 5.82. The zero-order valence-electron chi connectivity index (χ0n) is 8.14. The Bertz CT molecular complexity index is 474. The fourth-order valence-corrected chi connectivity index (χ4v) is 1.31. The van der Waals surface area contributed by atoms with Crippen LogP contribution in [0.1, 0.15) is 5.56 Å². The molecule has 0 aliphatic rings. The number of nitrogens with zero attached hydrogens (tertiary/aromatic N) is 2. The number of hydrogen-bond acceptors (Lipinski definition) is 3. The Hall–Kier alpha value is -1.61. The highest BCUT2D eigenvalue weighted by atomic mass is 35.5. The summed E-state index contributed by atoms with van der Waals surface area (Å²) in [5.74, 6) is 1.03. The average Bonchev–Trinajstić information content (AvgIpc) is 2.22. The van der Waals surface area contributed by atoms with Gasteiger partial charge in [-0.05, 0) is 24.6 Å². The van der Waals surface area contributed by atoms with Crippen LogP contribution in [-0.4, -0.2) is 9.97 Å². The molecule has 15 heavy (non-hydrogen) atoms. The molecule has 2 aromatic rings. The standard InChI is InChI=1S/C11H9ClN2O/c1-8-3-2-4-9(7-8)15-11-10(12)13-5-6-14-11/h2-7H,1H3. The smallest absolute Gasteiger partial charge is 0.257 e. The van der Waals surface area contributed by atoms with Crippen LogP contribution < -0.4 is 4.74 Å². The second-order valence-electron chi connectivity index (χ2n) is 3.07. The zero-order chi connectivity index (χ0) is 10.7. The summed E-state index contributed by atoms with van der Waals surface area (Å²) < 4.78 is 5.48. The van der Waals surface area contributed by atoms with Crippen LogP contribution in [0.2, 0.25) is 5.15 Å². The minimum atomic E-state index is 0.263. The minimum Gasteiger partial charge on any atom is -0.436 e. The number of rotatable bonds is 2. The van der Waals surface area contributed by atoms with Crippen molar-refractivity contribution in [3.8, 4) is 11.6 Å². The van der Waals surface area contributed by atoms with Crippen LogP contribution >= 0.6 is 11.6 Å². The summed E-state index contributed by atoms with van der Waals surface area (Å²) in [7, 11) is 0. The van der Waals surface area contributed by atoms with Crippen LogP contribution in [0.25, 0.3) is 0 Å². The van der Waals surface area contributed by atoms with Gasteiger partial charge in [0.25, 0.3) is 5.88 Å². The molecule has 0 saturated heterocycles. The normalized spacial score (nSPS) is 10.0. The fourth-order valence-electron chi connectivity index (χ4n) is 1.17. The third-order valence-corrected chi connectivity index (χ3v) is 2.09. The van der Waals surface area contributed by atoms with Gasteiger partial charge in [0, 0.05) is 12.4 Å². The van der Waals surface area contributed by atoms with E-state index in [1.807, 2.05) is 31.2 Å². The van der Waals surface area contributed by atoms with Gasteiger partial charge in [-0.2, -0.15) is 0 Å². The van der Waals surface area contributed by atoms with Gasteiger partial charge in [0.05, 0.1) is 0 Å². The number of aromatic nitrogens is 2. The minimum absolute atomic E-state index is 0.263. The van der Waals surface area contributed by atoms with Crippen molar-refractivity contribution in [1.82, 2.24) is 9.97 Å². The zero-order valence-corrected chi connectivity index (χ0v) is 8.90. The molecule has 0 amide bonds. The summed E-state index contributed by atoms with van der Waals surface area (Å²) in [4.78, 5) is 7.86. The van der Waals surface area contributed by atoms with E-state index in [1.54, 1.807) is 0 Å². The van der Waals surface area contributed by atoms with Gasteiger partial charge in [0.1, 0.15) is 5.75 Å². The Morgan fingerprint density at radius 1 is 1.20 bits per heavy atom. The summed E-state index contributed by atoms with van der Waals surface area (Å²) >= 11 is 5.82. The molecule has 4 heteroatoms. The molecule has 0 saturated carbocycles. The first kappa shape index (κ1) is 9.93. The van der Waals surface area contributed by atoms with Gasteiger partial charge in [0.2, 0.25) is 0 Å².